The fourth-order valence-electron chi connectivity index (χ4n) is 3.94. The molecule has 5 rings (SSSR count). The van der Waals surface area contributed by atoms with Gasteiger partial charge in [-0.15, -0.1) is 0 Å². The summed E-state index contributed by atoms with van der Waals surface area (Å²) in [5.41, 5.74) is 2.07. The molecule has 0 saturated carbocycles. The lowest BCUT2D eigenvalue weighted by Gasteiger charge is -2.45. The van der Waals surface area contributed by atoms with Gasteiger partial charge in [-0.2, -0.15) is 0 Å². The molecule has 6 nitrogen and oxygen atoms in total. The molecule has 0 N–H and O–H groups in total. The Labute approximate surface area is 164 Å². The van der Waals surface area contributed by atoms with Crippen molar-refractivity contribution in [3.63, 3.8) is 0 Å². The minimum Gasteiger partial charge on any atom is -0.473 e. The van der Waals surface area contributed by atoms with E-state index in [1.54, 1.807) is 0 Å². The molecule has 28 heavy (non-hydrogen) atoms. The number of rotatable bonds is 4. The van der Waals surface area contributed by atoms with Crippen molar-refractivity contribution in [3.8, 4) is 0 Å². The molecule has 0 bridgehead atoms. The third kappa shape index (κ3) is 3.44. The molecule has 2 aromatic rings. The van der Waals surface area contributed by atoms with Crippen LogP contribution in [-0.2, 0) is 30.3 Å². The number of nitrogens with zero attached hydrogens (tertiary/aromatic N) is 1. The van der Waals surface area contributed by atoms with Crippen LogP contribution in [0.5, 0.6) is 0 Å². The van der Waals surface area contributed by atoms with Crippen molar-refractivity contribution < 1.29 is 23.7 Å². The first kappa shape index (κ1) is 17.8. The van der Waals surface area contributed by atoms with Crippen LogP contribution >= 0.6 is 0 Å². The van der Waals surface area contributed by atoms with Gasteiger partial charge in [-0.05, 0) is 5.56 Å². The molecule has 0 unspecified atom stereocenters. The molecule has 0 aromatic heterocycles. The third-order valence-electron chi connectivity index (χ3n) is 5.27. The monoisotopic (exact) mass is 381 g/mol. The molecule has 3 heterocycles. The lowest BCUT2D eigenvalue weighted by Crippen LogP contribution is -2.61. The second kappa shape index (κ2) is 7.64. The van der Waals surface area contributed by atoms with Crippen LogP contribution < -0.4 is 0 Å². The Morgan fingerprint density at radius 2 is 1.71 bits per heavy atom. The summed E-state index contributed by atoms with van der Waals surface area (Å²) in [6, 6.07) is 19.7. The SMILES string of the molecule is CC1=N[C@H]2[C@@H](OCc3ccccc3)O[C@@H]3CO[C@H](c4ccccc4)O[C@H]3[C@H]2O1. The lowest BCUT2D eigenvalue weighted by atomic mass is 9.96. The van der Waals surface area contributed by atoms with E-state index in [0.29, 0.717) is 19.1 Å². The average Bonchev–Trinajstić information content (AvgIpc) is 3.15. The molecular formula is C22H23NO5. The summed E-state index contributed by atoms with van der Waals surface area (Å²) in [4.78, 5) is 4.62. The van der Waals surface area contributed by atoms with Gasteiger partial charge >= 0.3 is 0 Å². The highest BCUT2D eigenvalue weighted by molar-refractivity contribution is 5.75. The van der Waals surface area contributed by atoms with Crippen molar-refractivity contribution >= 4 is 5.90 Å². The van der Waals surface area contributed by atoms with Crippen LogP contribution in [0, 0.1) is 0 Å². The molecule has 2 aromatic carbocycles. The van der Waals surface area contributed by atoms with E-state index in [-0.39, 0.29) is 24.4 Å². The zero-order valence-electron chi connectivity index (χ0n) is 15.6. The molecule has 0 spiro atoms. The summed E-state index contributed by atoms with van der Waals surface area (Å²) in [6.45, 7) is 2.73. The maximum absolute atomic E-state index is 6.25. The minimum atomic E-state index is -0.496. The average molecular weight is 381 g/mol. The highest BCUT2D eigenvalue weighted by Gasteiger charge is 2.54. The fourth-order valence-corrected chi connectivity index (χ4v) is 3.94. The maximum atomic E-state index is 6.25. The van der Waals surface area contributed by atoms with Gasteiger partial charge in [-0.25, -0.2) is 4.99 Å². The Bertz CT molecular complexity index is 827. The van der Waals surface area contributed by atoms with E-state index in [1.807, 2.05) is 67.6 Å². The normalized spacial score (nSPS) is 34.1. The van der Waals surface area contributed by atoms with Crippen molar-refractivity contribution in [3.05, 3.63) is 71.8 Å². The van der Waals surface area contributed by atoms with E-state index in [1.165, 1.54) is 0 Å². The molecule has 6 atom stereocenters. The molecule has 0 radical (unpaired) electrons. The first-order valence-electron chi connectivity index (χ1n) is 9.62. The summed E-state index contributed by atoms with van der Waals surface area (Å²) < 4.78 is 30.5. The first-order valence-corrected chi connectivity index (χ1v) is 9.62. The van der Waals surface area contributed by atoms with Crippen molar-refractivity contribution in [2.24, 2.45) is 4.99 Å². The van der Waals surface area contributed by atoms with Crippen molar-refractivity contribution in [2.45, 2.75) is 50.5 Å². The summed E-state index contributed by atoms with van der Waals surface area (Å²) in [5.74, 6) is 0.638. The van der Waals surface area contributed by atoms with Crippen molar-refractivity contribution in [2.75, 3.05) is 6.61 Å². The van der Waals surface area contributed by atoms with Gasteiger partial charge in [-0.3, -0.25) is 0 Å². The molecular weight excluding hydrogens is 358 g/mol. The topological polar surface area (TPSA) is 58.5 Å². The number of fused-ring (bicyclic) bond motifs is 3. The van der Waals surface area contributed by atoms with E-state index < -0.39 is 12.6 Å². The highest BCUT2D eigenvalue weighted by Crippen LogP contribution is 2.38. The summed E-state index contributed by atoms with van der Waals surface area (Å²) in [7, 11) is 0. The van der Waals surface area contributed by atoms with Crippen LogP contribution in [0.3, 0.4) is 0 Å². The van der Waals surface area contributed by atoms with Crippen LogP contribution in [0.25, 0.3) is 0 Å². The number of benzene rings is 2. The van der Waals surface area contributed by atoms with E-state index in [9.17, 15) is 0 Å². The molecule has 3 aliphatic rings. The zero-order valence-corrected chi connectivity index (χ0v) is 15.6. The second-order valence-corrected chi connectivity index (χ2v) is 7.24. The predicted molar refractivity (Wildman–Crippen MR) is 102 cm³/mol. The van der Waals surface area contributed by atoms with Crippen LogP contribution in [0.4, 0.5) is 0 Å². The van der Waals surface area contributed by atoms with Gasteiger partial charge in [0.15, 0.2) is 24.6 Å². The van der Waals surface area contributed by atoms with Gasteiger partial charge in [0.1, 0.15) is 18.2 Å². The van der Waals surface area contributed by atoms with Gasteiger partial charge in [0.05, 0.1) is 13.2 Å². The number of aliphatic imine (C=N–C) groups is 1. The van der Waals surface area contributed by atoms with E-state index >= 15 is 0 Å². The van der Waals surface area contributed by atoms with Gasteiger partial charge in [0, 0.05) is 12.5 Å². The molecule has 2 fully saturated rings. The predicted octanol–water partition coefficient (Wildman–Crippen LogP) is 3.23. The van der Waals surface area contributed by atoms with E-state index in [2.05, 4.69) is 4.99 Å². The van der Waals surface area contributed by atoms with E-state index in [0.717, 1.165) is 11.1 Å². The Kier molecular flexibility index (Phi) is 4.86. The standard InChI is InChI=1S/C22H23NO5/c1-14-23-18-20(26-14)19-17(13-25-21(28-19)16-10-6-3-7-11-16)27-22(18)24-12-15-8-4-2-5-9-15/h2-11,17-22H,12-13H2,1H3/t17-,18-,19-,20+,21+,22+/m1/s1. The Morgan fingerprint density at radius 3 is 2.50 bits per heavy atom. The lowest BCUT2D eigenvalue weighted by molar-refractivity contribution is -0.338. The molecule has 2 saturated heterocycles. The van der Waals surface area contributed by atoms with Crippen molar-refractivity contribution in [1.29, 1.82) is 0 Å². The number of hydrogen-bond donors (Lipinski definition) is 0. The molecule has 0 aliphatic carbocycles. The smallest absolute Gasteiger partial charge is 0.184 e. The molecule has 146 valence electrons. The number of ether oxygens (including phenoxy) is 5. The van der Waals surface area contributed by atoms with Gasteiger partial charge < -0.3 is 23.7 Å². The Balaban J connectivity index is 1.31. The fraction of sp³-hybridized carbons (Fsp3) is 0.409. The second-order valence-electron chi connectivity index (χ2n) is 7.24. The Morgan fingerprint density at radius 1 is 0.964 bits per heavy atom. The highest BCUT2D eigenvalue weighted by atomic mass is 16.8. The maximum Gasteiger partial charge on any atom is 0.184 e. The van der Waals surface area contributed by atoms with Gasteiger partial charge in [0.25, 0.3) is 0 Å². The van der Waals surface area contributed by atoms with Crippen molar-refractivity contribution in [1.82, 2.24) is 0 Å². The minimum absolute atomic E-state index is 0.241. The van der Waals surface area contributed by atoms with Gasteiger partial charge in [0.2, 0.25) is 0 Å². The van der Waals surface area contributed by atoms with Gasteiger partial charge in [-0.1, -0.05) is 60.7 Å². The largest absolute Gasteiger partial charge is 0.473 e. The van der Waals surface area contributed by atoms with E-state index in [4.69, 9.17) is 23.7 Å². The summed E-state index contributed by atoms with van der Waals surface area (Å²) in [5, 5.41) is 0. The van der Waals surface area contributed by atoms with Crippen LogP contribution in [0.15, 0.2) is 65.7 Å². The first-order chi connectivity index (χ1) is 13.8. The Hall–Kier alpha value is -2.25. The molecule has 6 heteroatoms. The van der Waals surface area contributed by atoms with Crippen LogP contribution in [0.1, 0.15) is 24.3 Å². The molecule has 3 aliphatic heterocycles. The molecule has 0 amide bonds. The van der Waals surface area contributed by atoms with Crippen LogP contribution in [0.2, 0.25) is 0 Å². The third-order valence-corrected chi connectivity index (χ3v) is 5.27. The zero-order chi connectivity index (χ0) is 18.9. The van der Waals surface area contributed by atoms with Crippen LogP contribution in [-0.4, -0.2) is 43.1 Å². The quantitative estimate of drug-likeness (QED) is 0.814. The summed E-state index contributed by atoms with van der Waals surface area (Å²) in [6.07, 6.45) is -1.69. The number of hydrogen-bond acceptors (Lipinski definition) is 6. The summed E-state index contributed by atoms with van der Waals surface area (Å²) >= 11 is 0.